The second-order valence-electron chi connectivity index (χ2n) is 5.92. The van der Waals surface area contributed by atoms with Gasteiger partial charge in [0.2, 0.25) is 5.91 Å². The molecule has 0 bridgehead atoms. The number of rotatable bonds is 2. The highest BCUT2D eigenvalue weighted by Crippen LogP contribution is 2.34. The number of benzene rings is 2. The Labute approximate surface area is 150 Å². The molecule has 0 aliphatic carbocycles. The third kappa shape index (κ3) is 3.37. The summed E-state index contributed by atoms with van der Waals surface area (Å²) in [7, 11) is 0. The van der Waals surface area contributed by atoms with E-state index < -0.39 is 0 Å². The lowest BCUT2D eigenvalue weighted by atomic mass is 10.00. The van der Waals surface area contributed by atoms with Crippen LogP contribution in [0, 0.1) is 0 Å². The third-order valence-electron chi connectivity index (χ3n) is 4.36. The number of nitrogens with zero attached hydrogens (tertiary/aromatic N) is 2. The number of carbonyl (C=O) groups excluding carboxylic acids is 1. The molecule has 0 atom stereocenters. The minimum absolute atomic E-state index is 0.205. The van der Waals surface area contributed by atoms with E-state index in [-0.39, 0.29) is 5.91 Å². The summed E-state index contributed by atoms with van der Waals surface area (Å²) in [5.74, 6) is 1.61. The van der Waals surface area contributed by atoms with E-state index in [0.717, 1.165) is 35.3 Å². The molecule has 2 aromatic carbocycles. The molecule has 0 saturated heterocycles. The van der Waals surface area contributed by atoms with Gasteiger partial charge < -0.3 is 4.90 Å². The van der Waals surface area contributed by atoms with Gasteiger partial charge in [0.25, 0.3) is 0 Å². The van der Waals surface area contributed by atoms with Gasteiger partial charge in [-0.1, -0.05) is 66.0 Å². The molecule has 0 fully saturated rings. The van der Waals surface area contributed by atoms with Gasteiger partial charge in [-0.3, -0.25) is 4.79 Å². The Balaban J connectivity index is 1.37. The van der Waals surface area contributed by atoms with Crippen molar-refractivity contribution in [2.45, 2.75) is 18.7 Å². The molecular weight excluding hydrogens is 336 g/mol. The maximum Gasteiger partial charge on any atom is 0.233 e. The van der Waals surface area contributed by atoms with Crippen molar-refractivity contribution < 1.29 is 4.79 Å². The van der Waals surface area contributed by atoms with Crippen LogP contribution < -0.4 is 0 Å². The molecule has 4 rings (SSSR count). The van der Waals surface area contributed by atoms with E-state index in [1.165, 1.54) is 16.7 Å². The van der Waals surface area contributed by atoms with Crippen molar-refractivity contribution >= 4 is 39.5 Å². The highest BCUT2D eigenvalue weighted by Gasteiger charge is 2.21. The molecule has 0 radical (unpaired) electrons. The first-order valence-corrected chi connectivity index (χ1v) is 10.0. The van der Waals surface area contributed by atoms with Crippen molar-refractivity contribution in [3.8, 4) is 0 Å². The summed E-state index contributed by atoms with van der Waals surface area (Å²) in [5, 5.41) is 0. The van der Waals surface area contributed by atoms with Crippen molar-refractivity contribution in [2.75, 3.05) is 12.3 Å². The average Bonchev–Trinajstić information content (AvgIpc) is 2.65. The zero-order chi connectivity index (χ0) is 16.4. The van der Waals surface area contributed by atoms with E-state index in [0.29, 0.717) is 5.75 Å². The summed E-state index contributed by atoms with van der Waals surface area (Å²) < 4.78 is 0.999. The lowest BCUT2D eigenvalue weighted by Crippen LogP contribution is -2.37. The molecule has 0 N–H and O–H groups in total. The van der Waals surface area contributed by atoms with Crippen molar-refractivity contribution in [3.63, 3.8) is 0 Å². The largest absolute Gasteiger partial charge is 0.337 e. The topological polar surface area (TPSA) is 32.7 Å². The molecule has 2 aliphatic heterocycles. The van der Waals surface area contributed by atoms with Crippen LogP contribution in [0.25, 0.3) is 0 Å². The minimum Gasteiger partial charge on any atom is -0.337 e. The summed E-state index contributed by atoms with van der Waals surface area (Å²) in [6, 6.07) is 16.6. The van der Waals surface area contributed by atoms with E-state index >= 15 is 0 Å². The lowest BCUT2D eigenvalue weighted by molar-refractivity contribution is -0.129. The molecule has 1 amide bonds. The van der Waals surface area contributed by atoms with Crippen molar-refractivity contribution in [2.24, 2.45) is 4.99 Å². The first-order valence-electron chi connectivity index (χ1n) is 8.06. The predicted octanol–water partition coefficient (Wildman–Crippen LogP) is 4.24. The Morgan fingerprint density at radius 1 is 1.08 bits per heavy atom. The van der Waals surface area contributed by atoms with Crippen LogP contribution in [0.4, 0.5) is 5.69 Å². The number of thioether (sulfide) groups is 2. The fraction of sp³-hybridized carbons (Fsp3) is 0.263. The van der Waals surface area contributed by atoms with Crippen molar-refractivity contribution in [1.29, 1.82) is 0 Å². The highest BCUT2D eigenvalue weighted by atomic mass is 32.2. The average molecular weight is 355 g/mol. The number of fused-ring (bicyclic) bond motifs is 2. The third-order valence-corrected chi connectivity index (χ3v) is 6.59. The van der Waals surface area contributed by atoms with Gasteiger partial charge >= 0.3 is 0 Å². The van der Waals surface area contributed by atoms with Gasteiger partial charge in [-0.25, -0.2) is 4.99 Å². The fourth-order valence-electron chi connectivity index (χ4n) is 3.01. The van der Waals surface area contributed by atoms with Crippen LogP contribution in [-0.2, 0) is 23.5 Å². The number of aliphatic imine (C=N–C) groups is 1. The molecule has 5 heteroatoms. The predicted molar refractivity (Wildman–Crippen MR) is 103 cm³/mol. The Hall–Kier alpha value is -1.72. The van der Waals surface area contributed by atoms with Gasteiger partial charge in [0, 0.05) is 18.8 Å². The Morgan fingerprint density at radius 3 is 2.71 bits per heavy atom. The van der Waals surface area contributed by atoms with E-state index in [2.05, 4.69) is 29.3 Å². The first-order chi connectivity index (χ1) is 11.8. The molecule has 0 unspecified atom stereocenters. The normalized spacial score (nSPS) is 16.2. The van der Waals surface area contributed by atoms with E-state index in [1.54, 1.807) is 23.5 Å². The molecule has 122 valence electrons. The SMILES string of the molecule is O=C(CSC1=Nc2ccccc2CS1)N1CCc2ccccc2C1. The standard InChI is InChI=1S/C19H18N2OS2/c22-18(21-10-9-14-5-1-2-6-15(14)11-21)13-24-19-20-17-8-4-3-7-16(17)12-23-19/h1-8H,9-13H2. The monoisotopic (exact) mass is 354 g/mol. The van der Waals surface area contributed by atoms with Crippen LogP contribution in [-0.4, -0.2) is 27.5 Å². The number of para-hydroxylation sites is 1. The first kappa shape index (κ1) is 15.8. The number of amides is 1. The lowest BCUT2D eigenvalue weighted by Gasteiger charge is -2.29. The van der Waals surface area contributed by atoms with Crippen LogP contribution in [0.1, 0.15) is 16.7 Å². The van der Waals surface area contributed by atoms with E-state index in [9.17, 15) is 4.79 Å². The van der Waals surface area contributed by atoms with Gasteiger partial charge in [-0.05, 0) is 29.2 Å². The molecule has 2 aliphatic rings. The fourth-order valence-corrected chi connectivity index (χ4v) is 4.97. The molecule has 0 spiro atoms. The van der Waals surface area contributed by atoms with Gasteiger partial charge in [0.1, 0.15) is 4.38 Å². The summed E-state index contributed by atoms with van der Waals surface area (Å²) >= 11 is 3.29. The second-order valence-corrected chi connectivity index (χ2v) is 8.10. The molecule has 0 aromatic heterocycles. The summed E-state index contributed by atoms with van der Waals surface area (Å²) in [6.07, 6.45) is 0.954. The summed E-state index contributed by atoms with van der Waals surface area (Å²) in [4.78, 5) is 19.2. The number of hydrogen-bond acceptors (Lipinski definition) is 4. The zero-order valence-electron chi connectivity index (χ0n) is 13.3. The Kier molecular flexibility index (Phi) is 4.63. The number of hydrogen-bond donors (Lipinski definition) is 0. The van der Waals surface area contributed by atoms with Crippen molar-refractivity contribution in [1.82, 2.24) is 4.90 Å². The quantitative estimate of drug-likeness (QED) is 0.809. The van der Waals surface area contributed by atoms with Crippen molar-refractivity contribution in [3.05, 3.63) is 65.2 Å². The van der Waals surface area contributed by atoms with Crippen LogP contribution in [0.5, 0.6) is 0 Å². The van der Waals surface area contributed by atoms with Gasteiger partial charge in [-0.15, -0.1) is 0 Å². The summed E-state index contributed by atoms with van der Waals surface area (Å²) in [5.41, 5.74) is 4.96. The Morgan fingerprint density at radius 2 is 1.83 bits per heavy atom. The summed E-state index contributed by atoms with van der Waals surface area (Å²) in [6.45, 7) is 1.55. The highest BCUT2D eigenvalue weighted by molar-refractivity contribution is 8.38. The Bertz CT molecular complexity index is 803. The van der Waals surface area contributed by atoms with Crippen LogP contribution >= 0.6 is 23.5 Å². The minimum atomic E-state index is 0.205. The number of carbonyl (C=O) groups is 1. The molecule has 2 heterocycles. The van der Waals surface area contributed by atoms with Gasteiger partial charge in [0.15, 0.2) is 0 Å². The van der Waals surface area contributed by atoms with Crippen LogP contribution in [0.3, 0.4) is 0 Å². The van der Waals surface area contributed by atoms with E-state index in [1.807, 2.05) is 29.2 Å². The zero-order valence-corrected chi connectivity index (χ0v) is 14.9. The molecule has 0 saturated carbocycles. The van der Waals surface area contributed by atoms with E-state index in [4.69, 9.17) is 0 Å². The molecule has 24 heavy (non-hydrogen) atoms. The molecular formula is C19H18N2OS2. The van der Waals surface area contributed by atoms with Gasteiger partial charge in [-0.2, -0.15) is 0 Å². The molecule has 2 aromatic rings. The van der Waals surface area contributed by atoms with Crippen LogP contribution in [0.2, 0.25) is 0 Å². The maximum absolute atomic E-state index is 12.5. The van der Waals surface area contributed by atoms with Crippen LogP contribution in [0.15, 0.2) is 53.5 Å². The van der Waals surface area contributed by atoms with Gasteiger partial charge in [0.05, 0.1) is 11.4 Å². The smallest absolute Gasteiger partial charge is 0.233 e. The maximum atomic E-state index is 12.5. The molecule has 3 nitrogen and oxygen atoms in total. The second kappa shape index (κ2) is 7.03.